The zero-order valence-electron chi connectivity index (χ0n) is 19.9. The average Bonchev–Trinajstić information content (AvgIpc) is 2.92. The molecule has 2 aliphatic carbocycles. The van der Waals surface area contributed by atoms with E-state index in [9.17, 15) is 15.2 Å². The first-order valence-corrected chi connectivity index (χ1v) is 12.3. The Balaban J connectivity index is 1.22. The second-order valence-electron chi connectivity index (χ2n) is 9.64. The number of rotatable bonds is 5. The van der Waals surface area contributed by atoms with Gasteiger partial charge in [-0.15, -0.1) is 0 Å². The summed E-state index contributed by atoms with van der Waals surface area (Å²) >= 11 is 0. The predicted molar refractivity (Wildman–Crippen MR) is 140 cm³/mol. The molecular formula is C30H26N4O2. The molecule has 1 saturated heterocycles. The van der Waals surface area contributed by atoms with Crippen LogP contribution in [0.1, 0.15) is 45.5 Å². The maximum atomic E-state index is 12.9. The number of nitrogens with one attached hydrogen (secondary N) is 1. The molecule has 6 nitrogen and oxygen atoms in total. The molecule has 178 valence electrons. The van der Waals surface area contributed by atoms with E-state index in [2.05, 4.69) is 34.6 Å². The second-order valence-corrected chi connectivity index (χ2v) is 9.64. The van der Waals surface area contributed by atoms with E-state index in [1.165, 1.54) is 5.56 Å². The molecular weight excluding hydrogens is 448 g/mol. The van der Waals surface area contributed by atoms with Gasteiger partial charge in [0.25, 0.3) is 5.91 Å². The molecule has 6 heteroatoms. The van der Waals surface area contributed by atoms with Gasteiger partial charge in [0, 0.05) is 48.2 Å². The molecule has 1 fully saturated rings. The summed E-state index contributed by atoms with van der Waals surface area (Å²) in [6, 6.07) is 20.3. The first-order valence-electron chi connectivity index (χ1n) is 12.3. The number of nitrogens with zero attached hydrogens (tertiary/aromatic N) is 3. The van der Waals surface area contributed by atoms with E-state index >= 15 is 0 Å². The zero-order valence-corrected chi connectivity index (χ0v) is 19.9. The van der Waals surface area contributed by atoms with Crippen molar-refractivity contribution in [3.8, 4) is 17.2 Å². The van der Waals surface area contributed by atoms with Crippen LogP contribution in [0, 0.1) is 11.3 Å². The number of piperidine rings is 1. The normalized spacial score (nSPS) is 14.8. The number of pyridine rings is 1. The number of carbonyl (C=O) groups is 1. The molecule has 1 aliphatic heterocycles. The Kier molecular flexibility index (Phi) is 5.63. The molecule has 36 heavy (non-hydrogen) atoms. The summed E-state index contributed by atoms with van der Waals surface area (Å²) in [4.78, 5) is 19.2. The first kappa shape index (κ1) is 22.3. The zero-order chi connectivity index (χ0) is 24.6. The van der Waals surface area contributed by atoms with Crippen molar-refractivity contribution >= 4 is 22.4 Å². The summed E-state index contributed by atoms with van der Waals surface area (Å²) in [5.74, 6) is 0.0355. The van der Waals surface area contributed by atoms with Gasteiger partial charge in [-0.05, 0) is 88.9 Å². The summed E-state index contributed by atoms with van der Waals surface area (Å²) in [6.45, 7) is 1.35. The number of likely N-dealkylation sites (tertiary alicyclic amines) is 1. The van der Waals surface area contributed by atoms with Crippen LogP contribution in [0.5, 0.6) is 0 Å². The second kappa shape index (κ2) is 9.10. The highest BCUT2D eigenvalue weighted by Crippen LogP contribution is 2.39. The number of amides is 1. The Morgan fingerprint density at radius 1 is 1.08 bits per heavy atom. The van der Waals surface area contributed by atoms with Crippen LogP contribution in [-0.2, 0) is 13.0 Å². The minimum Gasteiger partial charge on any atom is -0.392 e. The lowest BCUT2D eigenvalue weighted by atomic mass is 9.81. The standard InChI is InChI=1S/C30H26N4O2/c31-16-25-14-27(23-12-22(25)13-23)24-11-21-5-8-32-17-28(21)29(15-24)33-26-6-9-34(10-7-26)30(36)20-3-1-19(18-35)2-4-20/h1-5,8,11-12,14-15,17,26,33,35H,6-7,9-10,13,18H2. The van der Waals surface area contributed by atoms with Gasteiger partial charge in [0.1, 0.15) is 0 Å². The molecule has 2 bridgehead atoms. The van der Waals surface area contributed by atoms with Gasteiger partial charge in [-0.2, -0.15) is 5.26 Å². The van der Waals surface area contributed by atoms with Crippen molar-refractivity contribution in [1.82, 2.24) is 9.88 Å². The summed E-state index contributed by atoms with van der Waals surface area (Å²) in [7, 11) is 0. The minimum atomic E-state index is -0.0248. The molecule has 7 rings (SSSR count). The number of aliphatic hydroxyl groups is 1. The van der Waals surface area contributed by atoms with Crippen molar-refractivity contribution in [2.45, 2.75) is 31.9 Å². The fourth-order valence-electron chi connectivity index (χ4n) is 5.29. The summed E-state index contributed by atoms with van der Waals surface area (Å²) < 4.78 is 0. The van der Waals surface area contributed by atoms with E-state index in [1.54, 1.807) is 24.3 Å². The van der Waals surface area contributed by atoms with E-state index in [1.807, 2.05) is 29.4 Å². The molecule has 1 aromatic heterocycles. The van der Waals surface area contributed by atoms with E-state index in [0.29, 0.717) is 18.7 Å². The van der Waals surface area contributed by atoms with Crippen molar-refractivity contribution in [2.24, 2.45) is 0 Å². The summed E-state index contributed by atoms with van der Waals surface area (Å²) in [6.07, 6.45) is 6.27. The highest BCUT2D eigenvalue weighted by atomic mass is 16.3. The number of fused-ring (bicyclic) bond motifs is 3. The number of carbonyl (C=O) groups excluding carboxylic acids is 1. The Labute approximate surface area is 209 Å². The summed E-state index contributed by atoms with van der Waals surface area (Å²) in [5, 5.41) is 24.7. The highest BCUT2D eigenvalue weighted by molar-refractivity contribution is 5.98. The van der Waals surface area contributed by atoms with Gasteiger partial charge in [0.15, 0.2) is 0 Å². The molecule has 1 amide bonds. The fraction of sp³-hybridized carbons (Fsp3) is 0.233. The topological polar surface area (TPSA) is 89.2 Å². The molecule has 2 heterocycles. The van der Waals surface area contributed by atoms with Gasteiger partial charge in [-0.1, -0.05) is 18.2 Å². The third kappa shape index (κ3) is 3.98. The van der Waals surface area contributed by atoms with Crippen molar-refractivity contribution in [1.29, 1.82) is 5.26 Å². The number of nitriles is 1. The Hall–Kier alpha value is -4.21. The Morgan fingerprint density at radius 3 is 2.58 bits per heavy atom. The molecule has 0 spiro atoms. The van der Waals surface area contributed by atoms with Crippen molar-refractivity contribution in [3.63, 3.8) is 0 Å². The van der Waals surface area contributed by atoms with Crippen molar-refractivity contribution in [3.05, 3.63) is 94.8 Å². The van der Waals surface area contributed by atoms with Crippen LogP contribution in [0.15, 0.2) is 67.0 Å². The highest BCUT2D eigenvalue weighted by Gasteiger charge is 2.25. The van der Waals surface area contributed by atoms with Crippen LogP contribution in [0.3, 0.4) is 0 Å². The Morgan fingerprint density at radius 2 is 1.86 bits per heavy atom. The monoisotopic (exact) mass is 474 g/mol. The fourth-order valence-corrected chi connectivity index (χ4v) is 5.29. The van der Waals surface area contributed by atoms with Gasteiger partial charge in [-0.3, -0.25) is 9.78 Å². The number of hydrogen-bond donors (Lipinski definition) is 2. The number of aromatic nitrogens is 1. The largest absolute Gasteiger partial charge is 0.392 e. The van der Waals surface area contributed by atoms with E-state index in [4.69, 9.17) is 0 Å². The molecule has 0 saturated carbocycles. The third-order valence-electron chi connectivity index (χ3n) is 7.42. The SMILES string of the molecule is N#Cc1cc(-c2cc(NC3CCN(C(=O)c4ccc(CO)cc4)CC3)c3cnccc3c2)c2cc1C2. The van der Waals surface area contributed by atoms with E-state index < -0.39 is 0 Å². The molecule has 3 aromatic carbocycles. The van der Waals surface area contributed by atoms with Gasteiger partial charge in [0.05, 0.1) is 18.2 Å². The maximum Gasteiger partial charge on any atom is 0.253 e. The van der Waals surface area contributed by atoms with Gasteiger partial charge < -0.3 is 15.3 Å². The molecule has 0 atom stereocenters. The van der Waals surface area contributed by atoms with Crippen LogP contribution in [0.25, 0.3) is 21.9 Å². The van der Waals surface area contributed by atoms with E-state index in [-0.39, 0.29) is 18.6 Å². The first-order chi connectivity index (χ1) is 17.6. The number of hydrogen-bond acceptors (Lipinski definition) is 5. The number of benzene rings is 3. The lowest BCUT2D eigenvalue weighted by molar-refractivity contribution is 0.0718. The van der Waals surface area contributed by atoms with Gasteiger partial charge in [0.2, 0.25) is 0 Å². The third-order valence-corrected chi connectivity index (χ3v) is 7.42. The maximum absolute atomic E-state index is 12.9. The van der Waals surface area contributed by atoms with Crippen LogP contribution in [0.2, 0.25) is 0 Å². The van der Waals surface area contributed by atoms with Gasteiger partial charge in [-0.25, -0.2) is 0 Å². The van der Waals surface area contributed by atoms with Crippen molar-refractivity contribution in [2.75, 3.05) is 18.4 Å². The molecule has 2 N–H and O–H groups in total. The quantitative estimate of drug-likeness (QED) is 0.379. The molecule has 3 aliphatic rings. The lowest BCUT2D eigenvalue weighted by Gasteiger charge is -2.33. The van der Waals surface area contributed by atoms with Crippen molar-refractivity contribution < 1.29 is 9.90 Å². The molecule has 0 unspecified atom stereocenters. The van der Waals surface area contributed by atoms with E-state index in [0.717, 1.165) is 63.5 Å². The van der Waals surface area contributed by atoms with Crippen LogP contribution >= 0.6 is 0 Å². The Bertz CT molecular complexity index is 1510. The van der Waals surface area contributed by atoms with Gasteiger partial charge >= 0.3 is 0 Å². The number of anilines is 1. The molecule has 4 aromatic rings. The predicted octanol–water partition coefficient (Wildman–Crippen LogP) is 4.89. The number of aliphatic hydroxyl groups excluding tert-OH is 1. The lowest BCUT2D eigenvalue weighted by Crippen LogP contribution is -2.42. The molecule has 0 radical (unpaired) electrons. The smallest absolute Gasteiger partial charge is 0.253 e. The van der Waals surface area contributed by atoms with Crippen LogP contribution in [-0.4, -0.2) is 40.0 Å². The summed E-state index contributed by atoms with van der Waals surface area (Å²) in [5.41, 5.74) is 7.89. The van der Waals surface area contributed by atoms with Crippen LogP contribution in [0.4, 0.5) is 5.69 Å². The average molecular weight is 475 g/mol. The van der Waals surface area contributed by atoms with Crippen LogP contribution < -0.4 is 5.32 Å². The minimum absolute atomic E-state index is 0.0248.